The summed E-state index contributed by atoms with van der Waals surface area (Å²) in [5, 5.41) is 8.95. The molecule has 1 aromatic carbocycles. The van der Waals surface area contributed by atoms with Crippen molar-refractivity contribution in [3.8, 4) is 11.5 Å². The van der Waals surface area contributed by atoms with Gasteiger partial charge in [0.25, 0.3) is 5.91 Å². The predicted octanol–water partition coefficient (Wildman–Crippen LogP) is 0.375. The minimum atomic E-state index is -1.10. The van der Waals surface area contributed by atoms with Gasteiger partial charge in [0.15, 0.2) is 11.5 Å². The van der Waals surface area contributed by atoms with Crippen molar-refractivity contribution in [1.29, 1.82) is 0 Å². The van der Waals surface area contributed by atoms with Gasteiger partial charge in [-0.2, -0.15) is 0 Å². The molecule has 2 aliphatic heterocycles. The monoisotopic (exact) mass is 392 g/mol. The van der Waals surface area contributed by atoms with Gasteiger partial charge in [0.1, 0.15) is 12.6 Å². The van der Waals surface area contributed by atoms with Gasteiger partial charge in [-0.1, -0.05) is 12.1 Å². The molecule has 3 unspecified atom stereocenters. The molecule has 2 heterocycles. The Kier molecular flexibility index (Phi) is 6.03. The number of rotatable bonds is 5. The molecule has 1 aromatic rings. The Bertz CT molecular complexity index is 754. The number of aliphatic carboxylic acids is 1. The third kappa shape index (κ3) is 4.53. The Morgan fingerprint density at radius 3 is 2.54 bits per heavy atom. The number of amides is 2. The van der Waals surface area contributed by atoms with Crippen LogP contribution in [-0.2, 0) is 19.1 Å². The van der Waals surface area contributed by atoms with E-state index in [1.807, 2.05) is 12.1 Å². The summed E-state index contributed by atoms with van der Waals surface area (Å²) in [6, 6.07) is 7.18. The number of carbonyl (C=O) groups is 3. The fourth-order valence-electron chi connectivity index (χ4n) is 3.31. The number of nitrogens with zero attached hydrogens (tertiary/aromatic N) is 2. The van der Waals surface area contributed by atoms with E-state index in [0.717, 1.165) is 0 Å². The highest BCUT2D eigenvalue weighted by atomic mass is 16.6. The predicted molar refractivity (Wildman–Crippen MR) is 97.2 cm³/mol. The summed E-state index contributed by atoms with van der Waals surface area (Å²) in [5.41, 5.74) is 0. The Hall–Kier alpha value is -2.81. The van der Waals surface area contributed by atoms with Gasteiger partial charge in [0.2, 0.25) is 12.0 Å². The molecule has 1 fully saturated rings. The molecule has 1 saturated heterocycles. The van der Waals surface area contributed by atoms with Crippen molar-refractivity contribution in [2.24, 2.45) is 0 Å². The van der Waals surface area contributed by atoms with Crippen LogP contribution in [0.1, 0.15) is 13.8 Å². The van der Waals surface area contributed by atoms with Gasteiger partial charge in [-0.25, -0.2) is 0 Å². The van der Waals surface area contributed by atoms with Gasteiger partial charge >= 0.3 is 5.97 Å². The maximum Gasteiger partial charge on any atom is 0.323 e. The molecule has 9 nitrogen and oxygen atoms in total. The Morgan fingerprint density at radius 2 is 1.89 bits per heavy atom. The molecule has 3 rings (SSSR count). The Balaban J connectivity index is 1.64. The number of ether oxygens (including phenoxy) is 3. The van der Waals surface area contributed by atoms with Crippen molar-refractivity contribution in [3.63, 3.8) is 0 Å². The molecule has 0 spiro atoms. The third-order valence-electron chi connectivity index (χ3n) is 4.73. The lowest BCUT2D eigenvalue weighted by molar-refractivity contribution is -0.154. The van der Waals surface area contributed by atoms with Crippen LogP contribution in [0.2, 0.25) is 0 Å². The number of hydrogen-bond acceptors (Lipinski definition) is 6. The van der Waals surface area contributed by atoms with Gasteiger partial charge < -0.3 is 29.1 Å². The molecule has 9 heteroatoms. The highest BCUT2D eigenvalue weighted by Crippen LogP contribution is 2.34. The first-order valence-corrected chi connectivity index (χ1v) is 9.15. The molecule has 152 valence electrons. The normalized spacial score (nSPS) is 23.8. The molecule has 0 bridgehead atoms. The smallest absolute Gasteiger partial charge is 0.323 e. The fraction of sp³-hybridized carbons (Fsp3) is 0.526. The van der Waals surface area contributed by atoms with Crippen molar-refractivity contribution in [2.45, 2.75) is 32.2 Å². The highest BCUT2D eigenvalue weighted by molar-refractivity contribution is 5.83. The zero-order valence-electron chi connectivity index (χ0n) is 15.9. The van der Waals surface area contributed by atoms with E-state index in [-0.39, 0.29) is 24.9 Å². The standard InChI is InChI=1S/C19H24N2O7/c1-12-18(28-16-6-4-3-5-15(16)27-12)19(25)20-7-8-26-14(9-20)10-21(13(2)22)11-17(23)24/h3-6,12,14,18H,7-11H2,1-2H3,(H,23,24). The number of morpholine rings is 1. The van der Waals surface area contributed by atoms with Crippen molar-refractivity contribution in [1.82, 2.24) is 9.80 Å². The molecule has 0 radical (unpaired) electrons. The number of carbonyl (C=O) groups excluding carboxylic acids is 2. The largest absolute Gasteiger partial charge is 0.482 e. The molecule has 28 heavy (non-hydrogen) atoms. The van der Waals surface area contributed by atoms with E-state index in [1.165, 1.54) is 11.8 Å². The molecule has 0 aromatic heterocycles. The zero-order valence-corrected chi connectivity index (χ0v) is 15.9. The van der Waals surface area contributed by atoms with E-state index in [9.17, 15) is 14.4 Å². The maximum atomic E-state index is 13.0. The molecule has 0 saturated carbocycles. The SMILES string of the molecule is CC(=O)N(CC(=O)O)CC1CN(C(=O)C2Oc3ccccc3OC2C)CCO1. The number of carboxylic acid groups (broad SMARTS) is 1. The number of hydrogen-bond donors (Lipinski definition) is 1. The van der Waals surface area contributed by atoms with Crippen LogP contribution in [0.25, 0.3) is 0 Å². The van der Waals surface area contributed by atoms with E-state index in [4.69, 9.17) is 19.3 Å². The second-order valence-electron chi connectivity index (χ2n) is 6.88. The first-order valence-electron chi connectivity index (χ1n) is 9.15. The number of carboxylic acids is 1. The Labute approximate surface area is 162 Å². The van der Waals surface area contributed by atoms with E-state index >= 15 is 0 Å². The van der Waals surface area contributed by atoms with Crippen molar-refractivity contribution < 1.29 is 33.7 Å². The summed E-state index contributed by atoms with van der Waals surface area (Å²) in [4.78, 5) is 38.4. The lowest BCUT2D eigenvalue weighted by Crippen LogP contribution is -2.56. The van der Waals surface area contributed by atoms with Crippen molar-refractivity contribution in [3.05, 3.63) is 24.3 Å². The topological polar surface area (TPSA) is 106 Å². The van der Waals surface area contributed by atoms with Crippen LogP contribution in [-0.4, -0.2) is 83.8 Å². The van der Waals surface area contributed by atoms with Gasteiger partial charge in [-0.15, -0.1) is 0 Å². The van der Waals surface area contributed by atoms with Gasteiger partial charge in [-0.3, -0.25) is 14.4 Å². The maximum absolute atomic E-state index is 13.0. The first kappa shape index (κ1) is 19.9. The summed E-state index contributed by atoms with van der Waals surface area (Å²) >= 11 is 0. The van der Waals surface area contributed by atoms with Crippen molar-refractivity contribution in [2.75, 3.05) is 32.8 Å². The third-order valence-corrected chi connectivity index (χ3v) is 4.73. The molecular formula is C19H24N2O7. The van der Waals surface area contributed by atoms with Gasteiger partial charge in [-0.05, 0) is 19.1 Å². The quantitative estimate of drug-likeness (QED) is 0.772. The summed E-state index contributed by atoms with van der Waals surface area (Å²) in [6.45, 7) is 3.72. The van der Waals surface area contributed by atoms with Gasteiger partial charge in [0.05, 0.1) is 12.7 Å². The average Bonchev–Trinajstić information content (AvgIpc) is 2.66. The molecule has 0 aliphatic carbocycles. The van der Waals surface area contributed by atoms with E-state index in [2.05, 4.69) is 0 Å². The summed E-state index contributed by atoms with van der Waals surface area (Å²) < 4.78 is 17.3. The fourth-order valence-corrected chi connectivity index (χ4v) is 3.31. The average molecular weight is 392 g/mol. The van der Waals surface area contributed by atoms with Crippen LogP contribution in [0.4, 0.5) is 0 Å². The Morgan fingerprint density at radius 1 is 1.21 bits per heavy atom. The van der Waals surface area contributed by atoms with Crippen LogP contribution in [0.15, 0.2) is 24.3 Å². The lowest BCUT2D eigenvalue weighted by Gasteiger charge is -2.39. The molecule has 3 atom stereocenters. The number of benzene rings is 1. The van der Waals surface area contributed by atoms with Crippen LogP contribution >= 0.6 is 0 Å². The van der Waals surface area contributed by atoms with Crippen LogP contribution < -0.4 is 9.47 Å². The molecule has 2 amide bonds. The lowest BCUT2D eigenvalue weighted by atomic mass is 10.1. The van der Waals surface area contributed by atoms with Gasteiger partial charge in [0, 0.05) is 26.6 Å². The molecule has 2 aliphatic rings. The second-order valence-corrected chi connectivity index (χ2v) is 6.88. The first-order chi connectivity index (χ1) is 13.3. The summed E-state index contributed by atoms with van der Waals surface area (Å²) in [5.74, 6) is -0.552. The molecular weight excluding hydrogens is 368 g/mol. The van der Waals surface area contributed by atoms with E-state index in [0.29, 0.717) is 24.7 Å². The minimum absolute atomic E-state index is 0.103. The summed E-state index contributed by atoms with van der Waals surface area (Å²) in [7, 11) is 0. The van der Waals surface area contributed by atoms with Crippen LogP contribution in [0.3, 0.4) is 0 Å². The molecule has 1 N–H and O–H groups in total. The highest BCUT2D eigenvalue weighted by Gasteiger charge is 2.38. The van der Waals surface area contributed by atoms with Crippen molar-refractivity contribution >= 4 is 17.8 Å². The second kappa shape index (κ2) is 8.47. The number of fused-ring (bicyclic) bond motifs is 1. The van der Waals surface area contributed by atoms with Crippen LogP contribution in [0.5, 0.6) is 11.5 Å². The zero-order chi connectivity index (χ0) is 20.3. The van der Waals surface area contributed by atoms with E-state index < -0.39 is 30.8 Å². The number of para-hydroxylation sites is 2. The minimum Gasteiger partial charge on any atom is -0.482 e. The van der Waals surface area contributed by atoms with Crippen LogP contribution in [0, 0.1) is 0 Å². The van der Waals surface area contributed by atoms with E-state index in [1.54, 1.807) is 24.0 Å². The summed E-state index contributed by atoms with van der Waals surface area (Å²) in [6.07, 6.45) is -1.70.